The van der Waals surface area contributed by atoms with Gasteiger partial charge in [-0.15, -0.1) is 0 Å². The lowest BCUT2D eigenvalue weighted by Gasteiger charge is -2.12. The smallest absolute Gasteiger partial charge is 0.0973 e. The average Bonchev–Trinajstić information content (AvgIpc) is 2.77. The van der Waals surface area contributed by atoms with E-state index in [1.165, 1.54) is 12.8 Å². The van der Waals surface area contributed by atoms with Crippen molar-refractivity contribution >= 4 is 0 Å². The van der Waals surface area contributed by atoms with Gasteiger partial charge < -0.3 is 9.47 Å². The van der Waals surface area contributed by atoms with Crippen molar-refractivity contribution in [3.63, 3.8) is 0 Å². The van der Waals surface area contributed by atoms with Gasteiger partial charge in [-0.1, -0.05) is 0 Å². The minimum Gasteiger partial charge on any atom is -0.369 e. The molecule has 0 aromatic carbocycles. The molecule has 0 unspecified atom stereocenters. The number of hydrogen-bond donors (Lipinski definition) is 0. The molecule has 4 aliphatic rings. The lowest BCUT2D eigenvalue weighted by atomic mass is 9.89. The Labute approximate surface area is 59.5 Å². The number of ether oxygens (including phenoxy) is 2. The molecular weight excluding hydrogens is 128 g/mol. The quantitative estimate of drug-likeness (QED) is 0.457. The normalized spacial score (nSPS) is 74.4. The van der Waals surface area contributed by atoms with E-state index in [4.69, 9.17) is 9.47 Å². The first kappa shape index (κ1) is 4.73. The molecule has 0 aromatic heterocycles. The fourth-order valence-electron chi connectivity index (χ4n) is 3.17. The van der Waals surface area contributed by atoms with Crippen LogP contribution in [0.4, 0.5) is 0 Å². The van der Waals surface area contributed by atoms with Gasteiger partial charge in [0.2, 0.25) is 0 Å². The van der Waals surface area contributed by atoms with Crippen LogP contribution in [0.5, 0.6) is 0 Å². The number of fused-ring (bicyclic) bond motifs is 6. The van der Waals surface area contributed by atoms with Crippen LogP contribution in [0.15, 0.2) is 0 Å². The summed E-state index contributed by atoms with van der Waals surface area (Å²) >= 11 is 0. The summed E-state index contributed by atoms with van der Waals surface area (Å²) in [4.78, 5) is 0. The first-order valence-corrected chi connectivity index (χ1v) is 4.18. The molecule has 54 valence electrons. The summed E-state index contributed by atoms with van der Waals surface area (Å²) in [6.07, 6.45) is 4.00. The van der Waals surface area contributed by atoms with Crippen LogP contribution < -0.4 is 0 Å². The average molecular weight is 138 g/mol. The predicted octanol–water partition coefficient (Wildman–Crippen LogP) is 0.563. The molecule has 2 aliphatic heterocycles. The molecule has 0 amide bonds. The molecule has 10 heavy (non-hydrogen) atoms. The van der Waals surface area contributed by atoms with Crippen molar-refractivity contribution in [2.75, 3.05) is 6.61 Å². The molecule has 2 saturated heterocycles. The molecule has 2 heteroatoms. The van der Waals surface area contributed by atoms with Crippen molar-refractivity contribution in [2.45, 2.75) is 30.7 Å². The van der Waals surface area contributed by atoms with Crippen molar-refractivity contribution in [3.8, 4) is 0 Å². The molecule has 0 radical (unpaired) electrons. The lowest BCUT2D eigenvalue weighted by Crippen LogP contribution is -2.25. The zero-order valence-electron chi connectivity index (χ0n) is 5.75. The Hall–Kier alpha value is -0.0800. The Bertz CT molecular complexity index is 209. The van der Waals surface area contributed by atoms with E-state index in [0.717, 1.165) is 18.4 Å². The number of rotatable bonds is 0. The largest absolute Gasteiger partial charge is 0.369 e. The minimum absolute atomic E-state index is 0.350. The van der Waals surface area contributed by atoms with Crippen LogP contribution in [0.3, 0.4) is 0 Å². The fraction of sp³-hybridized carbons (Fsp3) is 1.00. The van der Waals surface area contributed by atoms with Crippen molar-refractivity contribution in [2.24, 2.45) is 11.8 Å². The molecule has 2 bridgehead atoms. The highest BCUT2D eigenvalue weighted by Crippen LogP contribution is 2.65. The van der Waals surface area contributed by atoms with E-state index in [0.29, 0.717) is 17.8 Å². The summed E-state index contributed by atoms with van der Waals surface area (Å²) < 4.78 is 11.0. The minimum atomic E-state index is 0.350. The van der Waals surface area contributed by atoms with Gasteiger partial charge in [-0.05, 0) is 18.8 Å². The van der Waals surface area contributed by atoms with Crippen LogP contribution in [0.1, 0.15) is 12.8 Å². The summed E-state index contributed by atoms with van der Waals surface area (Å²) in [5.74, 6) is 1.67. The second-order valence-corrected chi connectivity index (χ2v) is 4.23. The Morgan fingerprint density at radius 2 is 2.20 bits per heavy atom. The SMILES string of the molecule is C1[C@H]2C[C@]3(CO3)[C@@H]1[C@H]1O[C@@H]21. The molecule has 2 aliphatic carbocycles. The van der Waals surface area contributed by atoms with E-state index in [2.05, 4.69) is 0 Å². The van der Waals surface area contributed by atoms with Gasteiger partial charge in [0.15, 0.2) is 0 Å². The second-order valence-electron chi connectivity index (χ2n) is 4.23. The summed E-state index contributed by atoms with van der Waals surface area (Å²) in [5.41, 5.74) is 0.350. The van der Waals surface area contributed by atoms with Crippen LogP contribution in [-0.4, -0.2) is 24.4 Å². The second kappa shape index (κ2) is 1.07. The Balaban J connectivity index is 1.84. The van der Waals surface area contributed by atoms with Crippen LogP contribution >= 0.6 is 0 Å². The summed E-state index contributed by atoms with van der Waals surface area (Å²) in [6.45, 7) is 1.03. The molecule has 2 saturated carbocycles. The highest BCUT2D eigenvalue weighted by molar-refractivity contribution is 5.21. The van der Waals surface area contributed by atoms with Crippen molar-refractivity contribution in [3.05, 3.63) is 0 Å². The zero-order chi connectivity index (χ0) is 6.34. The molecule has 2 heterocycles. The molecule has 5 atom stereocenters. The van der Waals surface area contributed by atoms with Crippen LogP contribution in [0, 0.1) is 11.8 Å². The van der Waals surface area contributed by atoms with E-state index in [-0.39, 0.29) is 0 Å². The maximum Gasteiger partial charge on any atom is 0.0973 e. The van der Waals surface area contributed by atoms with Gasteiger partial charge in [0.1, 0.15) is 0 Å². The van der Waals surface area contributed by atoms with E-state index in [1.54, 1.807) is 0 Å². The van der Waals surface area contributed by atoms with Crippen molar-refractivity contribution in [1.82, 2.24) is 0 Å². The van der Waals surface area contributed by atoms with Gasteiger partial charge >= 0.3 is 0 Å². The third-order valence-corrected chi connectivity index (χ3v) is 3.78. The summed E-state index contributed by atoms with van der Waals surface area (Å²) in [5, 5.41) is 0. The molecule has 0 aromatic rings. The molecule has 0 N–H and O–H groups in total. The number of hydrogen-bond acceptors (Lipinski definition) is 2. The van der Waals surface area contributed by atoms with Crippen LogP contribution in [0.2, 0.25) is 0 Å². The molecule has 4 rings (SSSR count). The van der Waals surface area contributed by atoms with Gasteiger partial charge in [-0.25, -0.2) is 0 Å². The van der Waals surface area contributed by atoms with E-state index < -0.39 is 0 Å². The van der Waals surface area contributed by atoms with Gasteiger partial charge in [-0.3, -0.25) is 0 Å². The topological polar surface area (TPSA) is 25.1 Å². The van der Waals surface area contributed by atoms with Crippen LogP contribution in [-0.2, 0) is 9.47 Å². The Morgan fingerprint density at radius 1 is 1.30 bits per heavy atom. The monoisotopic (exact) mass is 138 g/mol. The maximum absolute atomic E-state index is 5.54. The maximum atomic E-state index is 5.54. The third kappa shape index (κ3) is 0.330. The van der Waals surface area contributed by atoms with Crippen molar-refractivity contribution in [1.29, 1.82) is 0 Å². The summed E-state index contributed by atoms with van der Waals surface area (Å²) in [7, 11) is 0. The van der Waals surface area contributed by atoms with E-state index in [1.807, 2.05) is 0 Å². The third-order valence-electron chi connectivity index (χ3n) is 3.78. The van der Waals surface area contributed by atoms with Gasteiger partial charge in [-0.2, -0.15) is 0 Å². The Morgan fingerprint density at radius 3 is 2.80 bits per heavy atom. The molecule has 4 fully saturated rings. The first-order chi connectivity index (χ1) is 4.89. The molecule has 1 spiro atoms. The van der Waals surface area contributed by atoms with Gasteiger partial charge in [0.25, 0.3) is 0 Å². The molecule has 2 nitrogen and oxygen atoms in total. The van der Waals surface area contributed by atoms with Gasteiger partial charge in [0.05, 0.1) is 24.4 Å². The number of epoxide rings is 2. The van der Waals surface area contributed by atoms with E-state index in [9.17, 15) is 0 Å². The van der Waals surface area contributed by atoms with E-state index >= 15 is 0 Å². The zero-order valence-corrected chi connectivity index (χ0v) is 5.75. The fourth-order valence-corrected chi connectivity index (χ4v) is 3.17. The first-order valence-electron chi connectivity index (χ1n) is 4.18. The molecular formula is C8H10O2. The highest BCUT2D eigenvalue weighted by atomic mass is 16.6. The van der Waals surface area contributed by atoms with Crippen molar-refractivity contribution < 1.29 is 9.47 Å². The standard InChI is InChI=1S/C8H10O2/c1-4-2-8(3-9-8)5(1)7-6(4)10-7/h4-7H,1-3H2/t4-,5-,6-,7+,8-/m0/s1. The van der Waals surface area contributed by atoms with Gasteiger partial charge in [0, 0.05) is 5.92 Å². The lowest BCUT2D eigenvalue weighted by molar-refractivity contribution is 0.206. The summed E-state index contributed by atoms with van der Waals surface area (Å²) in [6, 6.07) is 0. The highest BCUT2D eigenvalue weighted by Gasteiger charge is 2.73. The Kier molecular flexibility index (Phi) is 0.504. The predicted molar refractivity (Wildman–Crippen MR) is 33.6 cm³/mol. The van der Waals surface area contributed by atoms with Crippen LogP contribution in [0.25, 0.3) is 0 Å².